The number of halogens is 1. The molecule has 1 aromatic rings. The lowest BCUT2D eigenvalue weighted by atomic mass is 10.2. The van der Waals surface area contributed by atoms with Crippen molar-refractivity contribution in [3.63, 3.8) is 0 Å². The summed E-state index contributed by atoms with van der Waals surface area (Å²) in [6.07, 6.45) is 2.75. The van der Waals surface area contributed by atoms with Crippen LogP contribution in [0.5, 0.6) is 0 Å². The van der Waals surface area contributed by atoms with Crippen molar-refractivity contribution in [2.24, 2.45) is 0 Å². The summed E-state index contributed by atoms with van der Waals surface area (Å²) in [6, 6.07) is -0.00465. The van der Waals surface area contributed by atoms with Gasteiger partial charge in [-0.3, -0.25) is 4.79 Å². The largest absolute Gasteiger partial charge is 0.383 e. The molecule has 1 rings (SSSR count). The second kappa shape index (κ2) is 6.51. The third-order valence-corrected chi connectivity index (χ3v) is 2.58. The maximum absolute atomic E-state index is 12.1. The van der Waals surface area contributed by atoms with E-state index in [0.717, 1.165) is 0 Å². The third-order valence-electron chi connectivity index (χ3n) is 2.38. The second-order valence-electron chi connectivity index (χ2n) is 3.62. The number of likely N-dealkylation sites (N-methyl/N-ethyl adjacent to an activating group) is 1. The molecule has 0 fully saturated rings. The molecule has 0 spiro atoms. The van der Waals surface area contributed by atoms with E-state index >= 15 is 0 Å². The van der Waals surface area contributed by atoms with E-state index in [4.69, 9.17) is 16.3 Å². The van der Waals surface area contributed by atoms with E-state index in [1.807, 2.05) is 13.8 Å². The Morgan fingerprint density at radius 2 is 2.24 bits per heavy atom. The van der Waals surface area contributed by atoms with E-state index in [0.29, 0.717) is 18.8 Å². The van der Waals surface area contributed by atoms with Gasteiger partial charge in [0.1, 0.15) is 10.8 Å². The number of methoxy groups -OCH3 is 1. The van der Waals surface area contributed by atoms with E-state index in [2.05, 4.69) is 9.97 Å². The molecule has 1 heterocycles. The van der Waals surface area contributed by atoms with Gasteiger partial charge in [-0.1, -0.05) is 11.6 Å². The minimum Gasteiger partial charge on any atom is -0.383 e. The summed E-state index contributed by atoms with van der Waals surface area (Å²) in [5.74, 6) is -0.166. The van der Waals surface area contributed by atoms with Crippen molar-refractivity contribution in [2.45, 2.75) is 19.9 Å². The highest BCUT2D eigenvalue weighted by molar-refractivity contribution is 6.29. The Kier molecular flexibility index (Phi) is 5.31. The molecule has 1 aromatic heterocycles. The number of carbonyl (C=O) groups excluding carboxylic acids is 1. The maximum Gasteiger partial charge on any atom is 0.274 e. The number of ether oxygens (including phenoxy) is 1. The number of amides is 1. The van der Waals surface area contributed by atoms with Gasteiger partial charge >= 0.3 is 0 Å². The summed E-state index contributed by atoms with van der Waals surface area (Å²) in [4.78, 5) is 21.6. The number of aromatic nitrogens is 2. The first-order valence-corrected chi connectivity index (χ1v) is 5.75. The average Bonchev–Trinajstić information content (AvgIpc) is 2.31. The number of rotatable bonds is 5. The first-order valence-electron chi connectivity index (χ1n) is 5.37. The molecule has 0 saturated heterocycles. The van der Waals surface area contributed by atoms with Gasteiger partial charge in [0, 0.05) is 13.7 Å². The van der Waals surface area contributed by atoms with Crippen LogP contribution in [-0.2, 0) is 4.74 Å². The van der Waals surface area contributed by atoms with Gasteiger partial charge < -0.3 is 9.64 Å². The molecule has 0 N–H and O–H groups in total. The first kappa shape index (κ1) is 13.9. The molecule has 0 radical (unpaired) electrons. The van der Waals surface area contributed by atoms with E-state index in [1.165, 1.54) is 12.4 Å². The Labute approximate surface area is 106 Å². The normalized spacial score (nSPS) is 12.2. The molecule has 1 amide bonds. The number of carbonyl (C=O) groups is 1. The Hall–Kier alpha value is -1.20. The smallest absolute Gasteiger partial charge is 0.274 e. The van der Waals surface area contributed by atoms with Gasteiger partial charge in [-0.05, 0) is 13.8 Å². The zero-order valence-electron chi connectivity index (χ0n) is 10.2. The van der Waals surface area contributed by atoms with Crippen molar-refractivity contribution in [1.82, 2.24) is 14.9 Å². The van der Waals surface area contributed by atoms with E-state index < -0.39 is 0 Å². The predicted octanol–water partition coefficient (Wildman–Crippen LogP) is 1.63. The lowest BCUT2D eigenvalue weighted by Crippen LogP contribution is -2.41. The van der Waals surface area contributed by atoms with Crippen molar-refractivity contribution in [3.05, 3.63) is 23.2 Å². The number of hydrogen-bond acceptors (Lipinski definition) is 4. The van der Waals surface area contributed by atoms with Crippen LogP contribution in [0.4, 0.5) is 0 Å². The van der Waals surface area contributed by atoms with E-state index in [9.17, 15) is 4.79 Å². The van der Waals surface area contributed by atoms with Crippen LogP contribution in [-0.4, -0.2) is 47.1 Å². The van der Waals surface area contributed by atoms with Crippen molar-refractivity contribution < 1.29 is 9.53 Å². The molecule has 94 valence electrons. The molecule has 0 aliphatic carbocycles. The summed E-state index contributed by atoms with van der Waals surface area (Å²) >= 11 is 5.62. The molecule has 1 unspecified atom stereocenters. The fraction of sp³-hybridized carbons (Fsp3) is 0.545. The summed E-state index contributed by atoms with van der Waals surface area (Å²) in [5, 5.41) is 0.273. The fourth-order valence-electron chi connectivity index (χ4n) is 1.56. The summed E-state index contributed by atoms with van der Waals surface area (Å²) in [7, 11) is 1.61. The van der Waals surface area contributed by atoms with Crippen molar-refractivity contribution in [2.75, 3.05) is 20.3 Å². The second-order valence-corrected chi connectivity index (χ2v) is 4.01. The molecule has 1 atom stereocenters. The zero-order valence-corrected chi connectivity index (χ0v) is 10.9. The summed E-state index contributed by atoms with van der Waals surface area (Å²) in [5.41, 5.74) is 0.291. The van der Waals surface area contributed by atoms with Gasteiger partial charge in [-0.15, -0.1) is 0 Å². The van der Waals surface area contributed by atoms with Crippen LogP contribution in [0, 0.1) is 0 Å². The van der Waals surface area contributed by atoms with Crippen molar-refractivity contribution >= 4 is 17.5 Å². The summed E-state index contributed by atoms with van der Waals surface area (Å²) < 4.78 is 5.04. The Morgan fingerprint density at radius 1 is 1.53 bits per heavy atom. The van der Waals surface area contributed by atoms with Crippen LogP contribution in [0.15, 0.2) is 12.4 Å². The Balaban J connectivity index is 2.82. The average molecular weight is 258 g/mol. The van der Waals surface area contributed by atoms with E-state index in [1.54, 1.807) is 12.0 Å². The molecule has 6 heteroatoms. The van der Waals surface area contributed by atoms with Crippen LogP contribution < -0.4 is 0 Å². The highest BCUT2D eigenvalue weighted by Gasteiger charge is 2.21. The minimum atomic E-state index is -0.166. The lowest BCUT2D eigenvalue weighted by Gasteiger charge is -2.27. The molecule has 5 nitrogen and oxygen atoms in total. The molecular weight excluding hydrogens is 242 g/mol. The lowest BCUT2D eigenvalue weighted by molar-refractivity contribution is 0.0573. The maximum atomic E-state index is 12.1. The SMILES string of the molecule is CCN(C(=O)c1cnc(Cl)cn1)C(C)COC. The first-order chi connectivity index (χ1) is 8.10. The van der Waals surface area contributed by atoms with Gasteiger partial charge in [0.25, 0.3) is 5.91 Å². The van der Waals surface area contributed by atoms with Gasteiger partial charge in [-0.25, -0.2) is 9.97 Å². The van der Waals surface area contributed by atoms with E-state index in [-0.39, 0.29) is 17.1 Å². The Morgan fingerprint density at radius 3 is 2.71 bits per heavy atom. The number of nitrogens with zero attached hydrogens (tertiary/aromatic N) is 3. The standard InChI is InChI=1S/C11H16ClN3O2/c1-4-15(8(2)7-17-3)11(16)9-5-14-10(12)6-13-9/h5-6,8H,4,7H2,1-3H3. The highest BCUT2D eigenvalue weighted by atomic mass is 35.5. The van der Waals surface area contributed by atoms with Crippen LogP contribution in [0.25, 0.3) is 0 Å². The van der Waals surface area contributed by atoms with Crippen molar-refractivity contribution in [3.8, 4) is 0 Å². The molecule has 0 bridgehead atoms. The van der Waals surface area contributed by atoms with Gasteiger partial charge in [0.2, 0.25) is 0 Å². The van der Waals surface area contributed by atoms with Crippen molar-refractivity contribution in [1.29, 1.82) is 0 Å². The van der Waals surface area contributed by atoms with Gasteiger partial charge in [-0.2, -0.15) is 0 Å². The molecular formula is C11H16ClN3O2. The van der Waals surface area contributed by atoms with Crippen LogP contribution >= 0.6 is 11.6 Å². The quantitative estimate of drug-likeness (QED) is 0.805. The molecule has 0 aliphatic rings. The topological polar surface area (TPSA) is 55.3 Å². The molecule has 0 aliphatic heterocycles. The number of hydrogen-bond donors (Lipinski definition) is 0. The van der Waals surface area contributed by atoms with Crippen LogP contribution in [0.1, 0.15) is 24.3 Å². The van der Waals surface area contributed by atoms with Crippen LogP contribution in [0.3, 0.4) is 0 Å². The molecule has 0 saturated carbocycles. The zero-order chi connectivity index (χ0) is 12.8. The molecule has 0 aromatic carbocycles. The predicted molar refractivity (Wildman–Crippen MR) is 65.1 cm³/mol. The van der Waals surface area contributed by atoms with Crippen LogP contribution in [0.2, 0.25) is 5.15 Å². The molecule has 17 heavy (non-hydrogen) atoms. The van der Waals surface area contributed by atoms with Gasteiger partial charge in [0.05, 0.1) is 25.0 Å². The Bertz CT molecular complexity index is 369. The third kappa shape index (κ3) is 3.64. The fourth-order valence-corrected chi connectivity index (χ4v) is 1.65. The minimum absolute atomic E-state index is 0.00465. The highest BCUT2D eigenvalue weighted by Crippen LogP contribution is 2.08. The summed E-state index contributed by atoms with van der Waals surface area (Å²) in [6.45, 7) is 4.91. The van der Waals surface area contributed by atoms with Gasteiger partial charge in [0.15, 0.2) is 0 Å². The monoisotopic (exact) mass is 257 g/mol.